The molecule has 3 rings (SSSR count). The summed E-state index contributed by atoms with van der Waals surface area (Å²) in [5.41, 5.74) is -0.516. The summed E-state index contributed by atoms with van der Waals surface area (Å²) in [6.07, 6.45) is 5.71. The zero-order valence-electron chi connectivity index (χ0n) is 24.2. The Morgan fingerprint density at radius 1 is 1.05 bits per heavy atom. The fourth-order valence-electron chi connectivity index (χ4n) is 5.60. The lowest BCUT2D eigenvalue weighted by Gasteiger charge is -2.46. The molecule has 1 aromatic rings. The van der Waals surface area contributed by atoms with E-state index in [1.165, 1.54) is 0 Å². The number of ether oxygens (including phenoxy) is 1. The first-order valence-electron chi connectivity index (χ1n) is 14.3. The summed E-state index contributed by atoms with van der Waals surface area (Å²) in [6.45, 7) is 11.6. The topological polar surface area (TPSA) is 97.9 Å². The van der Waals surface area contributed by atoms with Crippen LogP contribution in [-0.2, 0) is 25.4 Å². The van der Waals surface area contributed by atoms with Crippen LogP contribution in [0.15, 0.2) is 30.3 Å². The zero-order chi connectivity index (χ0) is 27.8. The fraction of sp³-hybridized carbons (Fsp3) is 0.724. The molecule has 3 N–H and O–H groups in total. The van der Waals surface area contributed by atoms with Crippen LogP contribution in [0.3, 0.4) is 0 Å². The number of rotatable bonds is 12. The summed E-state index contributed by atoms with van der Waals surface area (Å²) in [7, 11) is 1.62. The molecule has 0 spiro atoms. The highest BCUT2D eigenvalue weighted by molar-refractivity contribution is 6.45. The number of likely N-dealkylation sites (N-methyl/N-ethyl adjacent to an activating group) is 1. The van der Waals surface area contributed by atoms with E-state index in [0.29, 0.717) is 25.4 Å². The van der Waals surface area contributed by atoms with Gasteiger partial charge in [-0.15, -0.1) is 0 Å². The molecule has 1 aliphatic heterocycles. The first kappa shape index (κ1) is 30.4. The molecule has 8 nitrogen and oxygen atoms in total. The van der Waals surface area contributed by atoms with Crippen LogP contribution in [0.2, 0.25) is 6.32 Å². The lowest BCUT2D eigenvalue weighted by molar-refractivity contribution is -0.132. The van der Waals surface area contributed by atoms with Crippen molar-refractivity contribution in [3.05, 3.63) is 35.9 Å². The van der Waals surface area contributed by atoms with E-state index >= 15 is 0 Å². The number of amides is 2. The second kappa shape index (κ2) is 13.3. The van der Waals surface area contributed by atoms with E-state index in [0.717, 1.165) is 44.0 Å². The molecule has 0 aromatic heterocycles. The monoisotopic (exact) mass is 529 g/mol. The molecule has 1 aromatic carbocycles. The number of carbonyl (C=O) groups is 2. The van der Waals surface area contributed by atoms with Crippen LogP contribution in [-0.4, -0.2) is 56.0 Å². The number of alkyl carbamates (subject to hydrolysis) is 1. The van der Waals surface area contributed by atoms with Gasteiger partial charge in [-0.05, 0) is 78.2 Å². The van der Waals surface area contributed by atoms with Crippen molar-refractivity contribution >= 4 is 19.1 Å². The Morgan fingerprint density at radius 2 is 1.74 bits per heavy atom. The maximum absolute atomic E-state index is 13.6. The average Bonchev–Trinajstić information content (AvgIpc) is 3.11. The molecular weight excluding hydrogens is 481 g/mol. The third-order valence-electron chi connectivity index (χ3n) is 8.72. The number of hydrogen-bond acceptors (Lipinski definition) is 6. The highest BCUT2D eigenvalue weighted by Crippen LogP contribution is 2.42. The van der Waals surface area contributed by atoms with E-state index in [4.69, 9.17) is 14.0 Å². The number of hydrogen-bond donors (Lipinski definition) is 3. The normalized spacial score (nSPS) is 26.1. The molecule has 9 heteroatoms. The predicted molar refractivity (Wildman–Crippen MR) is 151 cm³/mol. The first-order valence-corrected chi connectivity index (χ1v) is 14.3. The van der Waals surface area contributed by atoms with Gasteiger partial charge in [0.15, 0.2) is 0 Å². The third-order valence-corrected chi connectivity index (χ3v) is 8.72. The van der Waals surface area contributed by atoms with E-state index < -0.39 is 11.6 Å². The minimum Gasteiger partial charge on any atom is -0.445 e. The van der Waals surface area contributed by atoms with Gasteiger partial charge in [-0.25, -0.2) is 4.79 Å². The Kier molecular flexibility index (Phi) is 10.7. The van der Waals surface area contributed by atoms with Gasteiger partial charge in [0, 0.05) is 19.0 Å². The van der Waals surface area contributed by atoms with Gasteiger partial charge in [0.25, 0.3) is 0 Å². The summed E-state index contributed by atoms with van der Waals surface area (Å²) in [4.78, 5) is 26.1. The van der Waals surface area contributed by atoms with E-state index in [1.54, 1.807) is 0 Å². The van der Waals surface area contributed by atoms with Crippen LogP contribution in [0.1, 0.15) is 78.7 Å². The standard InChI is InChI=1S/C29H48BN3O5/c1-7-8-18-32-25(34)29(31-6)19-22(16-17-30-37-27(2,3)28(4,5)38-30)14-15-24(29)20-33-26(35)36-21-23-12-10-9-11-13-23/h9-13,22,24,31H,7-8,14-21H2,1-6H3,(H,32,34)(H,33,35)/t22-,24?,29?/m0/s1. The molecule has 1 aliphatic carbocycles. The second-order valence-corrected chi connectivity index (χ2v) is 11.9. The minimum atomic E-state index is -0.765. The van der Waals surface area contributed by atoms with Crippen molar-refractivity contribution in [1.29, 1.82) is 0 Å². The van der Waals surface area contributed by atoms with Crippen molar-refractivity contribution < 1.29 is 23.6 Å². The molecule has 2 aliphatic rings. The van der Waals surface area contributed by atoms with Crippen LogP contribution in [0.5, 0.6) is 0 Å². The second-order valence-electron chi connectivity index (χ2n) is 11.9. The highest BCUT2D eigenvalue weighted by Gasteiger charge is 2.52. The summed E-state index contributed by atoms with van der Waals surface area (Å²) in [5.74, 6) is 0.310. The van der Waals surface area contributed by atoms with Crippen molar-refractivity contribution in [2.24, 2.45) is 11.8 Å². The van der Waals surface area contributed by atoms with Crippen molar-refractivity contribution in [3.8, 4) is 0 Å². The fourth-order valence-corrected chi connectivity index (χ4v) is 5.60. The molecule has 0 radical (unpaired) electrons. The Labute approximate surface area is 229 Å². The van der Waals surface area contributed by atoms with E-state index in [2.05, 4.69) is 50.6 Å². The van der Waals surface area contributed by atoms with E-state index in [1.807, 2.05) is 37.4 Å². The van der Waals surface area contributed by atoms with E-state index in [9.17, 15) is 9.59 Å². The molecule has 2 unspecified atom stereocenters. The molecule has 2 amide bonds. The van der Waals surface area contributed by atoms with Gasteiger partial charge in [0.05, 0.1) is 11.2 Å². The molecule has 38 heavy (non-hydrogen) atoms. The Morgan fingerprint density at radius 3 is 2.37 bits per heavy atom. The third kappa shape index (κ3) is 7.51. The van der Waals surface area contributed by atoms with Crippen molar-refractivity contribution in [2.75, 3.05) is 20.1 Å². The molecular formula is C29H48BN3O5. The van der Waals surface area contributed by atoms with Gasteiger partial charge >= 0.3 is 13.2 Å². The first-order chi connectivity index (χ1) is 18.0. The summed E-state index contributed by atoms with van der Waals surface area (Å²) in [5, 5.41) is 9.47. The van der Waals surface area contributed by atoms with Crippen LogP contribution in [0.25, 0.3) is 0 Å². The van der Waals surface area contributed by atoms with Crippen molar-refractivity contribution in [3.63, 3.8) is 0 Å². The molecule has 1 saturated carbocycles. The maximum Gasteiger partial charge on any atom is 0.457 e. The van der Waals surface area contributed by atoms with Gasteiger partial charge in [-0.2, -0.15) is 0 Å². The van der Waals surface area contributed by atoms with Crippen LogP contribution < -0.4 is 16.0 Å². The summed E-state index contributed by atoms with van der Waals surface area (Å²) in [6, 6.07) is 9.61. The van der Waals surface area contributed by atoms with Crippen LogP contribution >= 0.6 is 0 Å². The molecule has 2 fully saturated rings. The highest BCUT2D eigenvalue weighted by atomic mass is 16.7. The van der Waals surface area contributed by atoms with Crippen LogP contribution in [0, 0.1) is 11.8 Å². The van der Waals surface area contributed by atoms with Gasteiger partial charge in [-0.3, -0.25) is 4.79 Å². The van der Waals surface area contributed by atoms with Gasteiger partial charge < -0.3 is 30.0 Å². The summed E-state index contributed by atoms with van der Waals surface area (Å²) < 4.78 is 17.8. The van der Waals surface area contributed by atoms with Crippen LogP contribution in [0.4, 0.5) is 4.79 Å². The van der Waals surface area contributed by atoms with E-state index in [-0.39, 0.29) is 36.8 Å². The summed E-state index contributed by atoms with van der Waals surface area (Å²) >= 11 is 0. The lowest BCUT2D eigenvalue weighted by atomic mass is 9.65. The van der Waals surface area contributed by atoms with Gasteiger partial charge in [-0.1, -0.05) is 50.1 Å². The quantitative estimate of drug-likeness (QED) is 0.269. The minimum absolute atomic E-state index is 0.0123. The molecule has 212 valence electrons. The zero-order valence-corrected chi connectivity index (χ0v) is 24.2. The SMILES string of the molecule is CCCCNC(=O)C1(NC)C[C@H](CCB2OC(C)(C)C(C)(C)O2)CCC1CNC(=O)OCc1ccccc1. The van der Waals surface area contributed by atoms with Crippen molar-refractivity contribution in [2.45, 2.75) is 103 Å². The average molecular weight is 530 g/mol. The van der Waals surface area contributed by atoms with Crippen molar-refractivity contribution in [1.82, 2.24) is 16.0 Å². The Balaban J connectivity index is 1.61. The Bertz CT molecular complexity index is 897. The molecule has 1 heterocycles. The number of nitrogens with one attached hydrogen (secondary N) is 3. The molecule has 0 bridgehead atoms. The molecule has 3 atom stereocenters. The molecule has 1 saturated heterocycles. The predicted octanol–water partition coefficient (Wildman–Crippen LogP) is 4.69. The number of carbonyl (C=O) groups excluding carboxylic acids is 2. The Hall–Kier alpha value is -2.10. The number of benzene rings is 1. The smallest absolute Gasteiger partial charge is 0.445 e. The number of unbranched alkanes of at least 4 members (excludes halogenated alkanes) is 1. The maximum atomic E-state index is 13.6. The van der Waals surface area contributed by atoms with Gasteiger partial charge in [0.2, 0.25) is 5.91 Å². The largest absolute Gasteiger partial charge is 0.457 e. The van der Waals surface area contributed by atoms with Gasteiger partial charge in [0.1, 0.15) is 12.1 Å². The lowest BCUT2D eigenvalue weighted by Crippen LogP contribution is -2.64.